The molecule has 1 aliphatic heterocycles. The first-order valence-corrected chi connectivity index (χ1v) is 7.95. The lowest BCUT2D eigenvalue weighted by atomic mass is 9.97. The van der Waals surface area contributed by atoms with E-state index in [1.54, 1.807) is 7.11 Å². The molecule has 3 nitrogen and oxygen atoms in total. The molecule has 1 aliphatic rings. The quantitative estimate of drug-likeness (QED) is 0.901. The Hall–Kier alpha value is -2.00. The van der Waals surface area contributed by atoms with Crippen LogP contribution < -0.4 is 14.8 Å². The Balaban J connectivity index is 1.71. The van der Waals surface area contributed by atoms with Crippen molar-refractivity contribution in [1.82, 2.24) is 5.32 Å². The second-order valence-electron chi connectivity index (χ2n) is 5.69. The van der Waals surface area contributed by atoms with Crippen molar-refractivity contribution < 1.29 is 9.47 Å². The SMILES string of the molecule is COc1cc(C2CCCCN2)ccc1OCc1ccccc1. The van der Waals surface area contributed by atoms with Gasteiger partial charge in [-0.3, -0.25) is 0 Å². The molecule has 0 radical (unpaired) electrons. The number of hydrogen-bond donors (Lipinski definition) is 1. The summed E-state index contributed by atoms with van der Waals surface area (Å²) in [5.74, 6) is 1.60. The molecular weight excluding hydrogens is 274 g/mol. The van der Waals surface area contributed by atoms with Crippen LogP contribution in [0.1, 0.15) is 36.4 Å². The third-order valence-electron chi connectivity index (χ3n) is 4.14. The second-order valence-corrected chi connectivity index (χ2v) is 5.69. The molecule has 3 heteroatoms. The highest BCUT2D eigenvalue weighted by Gasteiger charge is 2.16. The number of rotatable bonds is 5. The molecule has 2 aromatic carbocycles. The van der Waals surface area contributed by atoms with E-state index < -0.39 is 0 Å². The fraction of sp³-hybridized carbons (Fsp3) is 0.368. The number of methoxy groups -OCH3 is 1. The molecule has 0 aromatic heterocycles. The van der Waals surface area contributed by atoms with E-state index in [1.165, 1.54) is 24.8 Å². The smallest absolute Gasteiger partial charge is 0.161 e. The predicted octanol–water partition coefficient (Wildman–Crippen LogP) is 4.09. The molecular formula is C19H23NO2. The predicted molar refractivity (Wildman–Crippen MR) is 88.4 cm³/mol. The van der Waals surface area contributed by atoms with Gasteiger partial charge in [-0.25, -0.2) is 0 Å². The van der Waals surface area contributed by atoms with Crippen molar-refractivity contribution in [3.05, 3.63) is 59.7 Å². The summed E-state index contributed by atoms with van der Waals surface area (Å²) < 4.78 is 11.4. The fourth-order valence-corrected chi connectivity index (χ4v) is 2.89. The van der Waals surface area contributed by atoms with Crippen LogP contribution in [0, 0.1) is 0 Å². The van der Waals surface area contributed by atoms with E-state index in [0.29, 0.717) is 12.6 Å². The minimum Gasteiger partial charge on any atom is -0.493 e. The van der Waals surface area contributed by atoms with Gasteiger partial charge < -0.3 is 14.8 Å². The van der Waals surface area contributed by atoms with E-state index in [4.69, 9.17) is 9.47 Å². The van der Waals surface area contributed by atoms with Crippen LogP contribution in [0.25, 0.3) is 0 Å². The van der Waals surface area contributed by atoms with Gasteiger partial charge in [0.1, 0.15) is 6.61 Å². The van der Waals surface area contributed by atoms with Crippen molar-refractivity contribution in [3.63, 3.8) is 0 Å². The molecule has 1 N–H and O–H groups in total. The van der Waals surface area contributed by atoms with Crippen molar-refractivity contribution in [1.29, 1.82) is 0 Å². The Kier molecular flexibility index (Phi) is 4.96. The lowest BCUT2D eigenvalue weighted by molar-refractivity contribution is 0.284. The van der Waals surface area contributed by atoms with Crippen LogP contribution in [-0.2, 0) is 6.61 Å². The van der Waals surface area contributed by atoms with Gasteiger partial charge in [0.2, 0.25) is 0 Å². The standard InChI is InChI=1S/C19H23NO2/c1-21-19-13-16(17-9-5-6-12-20-17)10-11-18(19)22-14-15-7-3-2-4-8-15/h2-4,7-8,10-11,13,17,20H,5-6,9,12,14H2,1H3. The maximum atomic E-state index is 5.91. The normalized spacial score (nSPS) is 18.0. The monoisotopic (exact) mass is 297 g/mol. The Morgan fingerprint density at radius 3 is 2.64 bits per heavy atom. The third-order valence-corrected chi connectivity index (χ3v) is 4.14. The summed E-state index contributed by atoms with van der Waals surface area (Å²) in [5, 5.41) is 3.57. The Morgan fingerprint density at radius 2 is 1.91 bits per heavy atom. The molecule has 116 valence electrons. The summed E-state index contributed by atoms with van der Waals surface area (Å²) in [6.45, 7) is 1.65. The number of piperidine rings is 1. The Morgan fingerprint density at radius 1 is 1.05 bits per heavy atom. The summed E-state index contributed by atoms with van der Waals surface area (Å²) in [6, 6.07) is 16.9. The van der Waals surface area contributed by atoms with Crippen molar-refractivity contribution >= 4 is 0 Å². The van der Waals surface area contributed by atoms with Gasteiger partial charge in [0.15, 0.2) is 11.5 Å². The maximum Gasteiger partial charge on any atom is 0.161 e. The molecule has 1 saturated heterocycles. The van der Waals surface area contributed by atoms with Gasteiger partial charge in [-0.2, -0.15) is 0 Å². The zero-order chi connectivity index (χ0) is 15.2. The molecule has 0 spiro atoms. The summed E-state index contributed by atoms with van der Waals surface area (Å²) in [5.41, 5.74) is 2.44. The summed E-state index contributed by atoms with van der Waals surface area (Å²) in [6.07, 6.45) is 3.74. The lowest BCUT2D eigenvalue weighted by Gasteiger charge is -2.24. The van der Waals surface area contributed by atoms with Crippen LogP contribution >= 0.6 is 0 Å². The van der Waals surface area contributed by atoms with Crippen LogP contribution in [0.3, 0.4) is 0 Å². The summed E-state index contributed by atoms with van der Waals surface area (Å²) in [4.78, 5) is 0. The zero-order valence-corrected chi connectivity index (χ0v) is 13.0. The topological polar surface area (TPSA) is 30.5 Å². The van der Waals surface area contributed by atoms with Gasteiger partial charge in [-0.15, -0.1) is 0 Å². The maximum absolute atomic E-state index is 5.91. The number of nitrogens with one attached hydrogen (secondary N) is 1. The highest BCUT2D eigenvalue weighted by molar-refractivity contribution is 5.44. The summed E-state index contributed by atoms with van der Waals surface area (Å²) in [7, 11) is 1.70. The molecule has 0 saturated carbocycles. The highest BCUT2D eigenvalue weighted by Crippen LogP contribution is 2.33. The zero-order valence-electron chi connectivity index (χ0n) is 13.0. The van der Waals surface area contributed by atoms with E-state index in [0.717, 1.165) is 23.6 Å². The van der Waals surface area contributed by atoms with E-state index >= 15 is 0 Å². The van der Waals surface area contributed by atoms with E-state index in [2.05, 4.69) is 29.6 Å². The Labute approximate surface area is 132 Å². The number of ether oxygens (including phenoxy) is 2. The first kappa shape index (κ1) is 14.9. The van der Waals surface area contributed by atoms with Crippen LogP contribution in [-0.4, -0.2) is 13.7 Å². The summed E-state index contributed by atoms with van der Waals surface area (Å²) >= 11 is 0. The third kappa shape index (κ3) is 3.60. The molecule has 1 atom stereocenters. The Bertz CT molecular complexity index is 592. The van der Waals surface area contributed by atoms with Gasteiger partial charge in [-0.1, -0.05) is 42.8 Å². The highest BCUT2D eigenvalue weighted by atomic mass is 16.5. The van der Waals surface area contributed by atoms with Gasteiger partial charge in [0.05, 0.1) is 7.11 Å². The number of hydrogen-bond acceptors (Lipinski definition) is 3. The minimum absolute atomic E-state index is 0.436. The van der Waals surface area contributed by atoms with Gasteiger partial charge >= 0.3 is 0 Å². The fourth-order valence-electron chi connectivity index (χ4n) is 2.89. The molecule has 0 amide bonds. The van der Waals surface area contributed by atoms with Crippen LogP contribution in [0.15, 0.2) is 48.5 Å². The minimum atomic E-state index is 0.436. The van der Waals surface area contributed by atoms with Gasteiger partial charge in [0.25, 0.3) is 0 Å². The van der Waals surface area contributed by atoms with Gasteiger partial charge in [-0.05, 0) is 42.6 Å². The molecule has 2 aromatic rings. The van der Waals surface area contributed by atoms with Crippen molar-refractivity contribution in [2.24, 2.45) is 0 Å². The molecule has 0 aliphatic carbocycles. The first-order valence-electron chi connectivity index (χ1n) is 7.95. The molecule has 1 heterocycles. The second kappa shape index (κ2) is 7.32. The average Bonchev–Trinajstić information content (AvgIpc) is 2.61. The molecule has 0 bridgehead atoms. The van der Waals surface area contributed by atoms with Crippen molar-refractivity contribution in [3.8, 4) is 11.5 Å². The van der Waals surface area contributed by atoms with E-state index in [-0.39, 0.29) is 0 Å². The van der Waals surface area contributed by atoms with Crippen LogP contribution in [0.4, 0.5) is 0 Å². The van der Waals surface area contributed by atoms with E-state index in [9.17, 15) is 0 Å². The molecule has 22 heavy (non-hydrogen) atoms. The largest absolute Gasteiger partial charge is 0.493 e. The molecule has 1 fully saturated rings. The average molecular weight is 297 g/mol. The first-order chi connectivity index (χ1) is 10.9. The molecule has 3 rings (SSSR count). The van der Waals surface area contributed by atoms with Gasteiger partial charge in [0, 0.05) is 6.04 Å². The van der Waals surface area contributed by atoms with Crippen LogP contribution in [0.5, 0.6) is 11.5 Å². The van der Waals surface area contributed by atoms with Crippen LogP contribution in [0.2, 0.25) is 0 Å². The van der Waals surface area contributed by atoms with E-state index in [1.807, 2.05) is 24.3 Å². The van der Waals surface area contributed by atoms with Crippen molar-refractivity contribution in [2.75, 3.05) is 13.7 Å². The van der Waals surface area contributed by atoms with Crippen molar-refractivity contribution in [2.45, 2.75) is 31.9 Å². The molecule has 1 unspecified atom stereocenters. The number of benzene rings is 2. The lowest BCUT2D eigenvalue weighted by Crippen LogP contribution is -2.26.